The number of benzene rings is 3. The SMILES string of the molecule is CCOc1cc2occ(-c3cc(OC)ccc3OC)c2cc1/C(C)=C/C(=O)Nc1ccc(C)c(C)c1. The molecule has 0 unspecified atom stereocenters. The van der Waals surface area contributed by atoms with Gasteiger partial charge >= 0.3 is 0 Å². The number of hydrogen-bond acceptors (Lipinski definition) is 5. The first kappa shape index (κ1) is 24.9. The molecule has 4 rings (SSSR count). The largest absolute Gasteiger partial charge is 0.497 e. The Bertz CT molecular complexity index is 1450. The van der Waals surface area contributed by atoms with Crippen molar-refractivity contribution in [3.8, 4) is 28.4 Å². The van der Waals surface area contributed by atoms with Crippen LogP contribution >= 0.6 is 0 Å². The average molecular weight is 486 g/mol. The molecule has 3 aromatic carbocycles. The molecule has 0 saturated heterocycles. The number of carbonyl (C=O) groups excluding carboxylic acids is 1. The Morgan fingerprint density at radius 1 is 0.944 bits per heavy atom. The van der Waals surface area contributed by atoms with Crippen LogP contribution in [0.25, 0.3) is 27.7 Å². The van der Waals surface area contributed by atoms with E-state index in [1.807, 2.05) is 76.2 Å². The van der Waals surface area contributed by atoms with Gasteiger partial charge < -0.3 is 23.9 Å². The highest BCUT2D eigenvalue weighted by molar-refractivity contribution is 6.05. The predicted molar refractivity (Wildman–Crippen MR) is 144 cm³/mol. The summed E-state index contributed by atoms with van der Waals surface area (Å²) in [7, 11) is 3.26. The highest BCUT2D eigenvalue weighted by Gasteiger charge is 2.18. The van der Waals surface area contributed by atoms with Crippen LogP contribution < -0.4 is 19.5 Å². The van der Waals surface area contributed by atoms with Crippen molar-refractivity contribution in [2.45, 2.75) is 27.7 Å². The number of anilines is 1. The summed E-state index contributed by atoms with van der Waals surface area (Å²) in [5.41, 5.74) is 7.02. The lowest BCUT2D eigenvalue weighted by Gasteiger charge is -2.13. The first-order valence-electron chi connectivity index (χ1n) is 11.8. The van der Waals surface area contributed by atoms with Crippen LogP contribution in [0.3, 0.4) is 0 Å². The van der Waals surface area contributed by atoms with Crippen LogP contribution in [-0.2, 0) is 4.79 Å². The maximum absolute atomic E-state index is 12.8. The summed E-state index contributed by atoms with van der Waals surface area (Å²) in [5.74, 6) is 1.86. The zero-order valence-corrected chi connectivity index (χ0v) is 21.5. The third-order valence-corrected chi connectivity index (χ3v) is 6.22. The molecule has 0 radical (unpaired) electrons. The van der Waals surface area contributed by atoms with Gasteiger partial charge in [-0.15, -0.1) is 0 Å². The molecule has 1 heterocycles. The normalized spacial score (nSPS) is 11.4. The molecule has 36 heavy (non-hydrogen) atoms. The summed E-state index contributed by atoms with van der Waals surface area (Å²) in [6.45, 7) is 8.37. The van der Waals surface area contributed by atoms with Crippen molar-refractivity contribution >= 4 is 28.1 Å². The Labute approximate surface area is 211 Å². The Morgan fingerprint density at radius 3 is 2.44 bits per heavy atom. The van der Waals surface area contributed by atoms with Crippen LogP contribution in [-0.4, -0.2) is 26.7 Å². The van der Waals surface area contributed by atoms with Gasteiger partial charge in [-0.1, -0.05) is 6.07 Å². The van der Waals surface area contributed by atoms with Crippen LogP contribution in [0.5, 0.6) is 17.2 Å². The minimum absolute atomic E-state index is 0.208. The molecule has 1 aromatic heterocycles. The van der Waals surface area contributed by atoms with E-state index in [4.69, 9.17) is 18.6 Å². The number of ether oxygens (including phenoxy) is 3. The molecule has 0 bridgehead atoms. The maximum Gasteiger partial charge on any atom is 0.248 e. The number of aryl methyl sites for hydroxylation is 2. The molecular formula is C30H31NO5. The maximum atomic E-state index is 12.8. The van der Waals surface area contributed by atoms with E-state index in [9.17, 15) is 4.79 Å². The number of furan rings is 1. The van der Waals surface area contributed by atoms with Crippen molar-refractivity contribution in [2.75, 3.05) is 26.1 Å². The van der Waals surface area contributed by atoms with E-state index in [1.54, 1.807) is 26.6 Å². The summed E-state index contributed by atoms with van der Waals surface area (Å²) >= 11 is 0. The standard InChI is InChI=1S/C30H31NO5/c1-7-35-28-16-29-25(26(17-36-29)24-14-22(33-5)10-11-27(24)34-6)15-23(28)20(4)13-30(32)31-21-9-8-18(2)19(3)12-21/h8-17H,7H2,1-6H3,(H,31,32)/b20-13+. The van der Waals surface area contributed by atoms with E-state index >= 15 is 0 Å². The average Bonchev–Trinajstić information content (AvgIpc) is 3.28. The molecule has 0 fully saturated rings. The van der Waals surface area contributed by atoms with Gasteiger partial charge in [0.2, 0.25) is 5.91 Å². The fourth-order valence-corrected chi connectivity index (χ4v) is 4.14. The molecule has 186 valence electrons. The first-order chi connectivity index (χ1) is 17.3. The molecule has 4 aromatic rings. The lowest BCUT2D eigenvalue weighted by Crippen LogP contribution is -2.09. The van der Waals surface area contributed by atoms with E-state index in [0.29, 0.717) is 29.4 Å². The van der Waals surface area contributed by atoms with Gasteiger partial charge in [-0.05, 0) is 80.8 Å². The summed E-state index contributed by atoms with van der Waals surface area (Å²) in [6.07, 6.45) is 3.29. The molecule has 0 aliphatic heterocycles. The second-order valence-electron chi connectivity index (χ2n) is 8.61. The minimum atomic E-state index is -0.208. The Kier molecular flexibility index (Phi) is 7.34. The number of nitrogens with one attached hydrogen (secondary N) is 1. The second kappa shape index (κ2) is 10.6. The van der Waals surface area contributed by atoms with Crippen molar-refractivity contribution in [3.63, 3.8) is 0 Å². The van der Waals surface area contributed by atoms with E-state index in [0.717, 1.165) is 38.9 Å². The third-order valence-electron chi connectivity index (χ3n) is 6.22. The number of fused-ring (bicyclic) bond motifs is 1. The van der Waals surface area contributed by atoms with Crippen LogP contribution in [0.2, 0.25) is 0 Å². The third kappa shape index (κ3) is 5.08. The zero-order chi connectivity index (χ0) is 25.8. The molecule has 0 aliphatic carbocycles. The van der Waals surface area contributed by atoms with Crippen molar-refractivity contribution in [2.24, 2.45) is 0 Å². The molecule has 6 nitrogen and oxygen atoms in total. The van der Waals surface area contributed by atoms with E-state index in [2.05, 4.69) is 5.32 Å². The second-order valence-corrected chi connectivity index (χ2v) is 8.61. The lowest BCUT2D eigenvalue weighted by atomic mass is 9.98. The molecule has 0 atom stereocenters. The fourth-order valence-electron chi connectivity index (χ4n) is 4.14. The highest BCUT2D eigenvalue weighted by atomic mass is 16.5. The number of rotatable bonds is 8. The van der Waals surface area contributed by atoms with Gasteiger partial charge in [0, 0.05) is 39.9 Å². The summed E-state index contributed by atoms with van der Waals surface area (Å²) < 4.78 is 22.8. The van der Waals surface area contributed by atoms with Gasteiger partial charge in [0.05, 0.1) is 27.1 Å². The van der Waals surface area contributed by atoms with Gasteiger partial charge in [-0.2, -0.15) is 0 Å². The van der Waals surface area contributed by atoms with Gasteiger partial charge in [-0.3, -0.25) is 4.79 Å². The van der Waals surface area contributed by atoms with Crippen molar-refractivity contribution in [1.82, 2.24) is 0 Å². The lowest BCUT2D eigenvalue weighted by molar-refractivity contribution is -0.111. The van der Waals surface area contributed by atoms with Gasteiger partial charge in [-0.25, -0.2) is 0 Å². The van der Waals surface area contributed by atoms with Crippen molar-refractivity contribution in [3.05, 3.63) is 77.6 Å². The van der Waals surface area contributed by atoms with Crippen LogP contribution in [0, 0.1) is 13.8 Å². The molecule has 1 amide bonds. The summed E-state index contributed by atoms with van der Waals surface area (Å²) in [6, 6.07) is 15.4. The molecule has 1 N–H and O–H groups in total. The Morgan fingerprint density at radius 2 is 1.75 bits per heavy atom. The summed E-state index contributed by atoms with van der Waals surface area (Å²) in [4.78, 5) is 12.8. The fraction of sp³-hybridized carbons (Fsp3) is 0.233. The van der Waals surface area contributed by atoms with Crippen molar-refractivity contribution < 1.29 is 23.4 Å². The smallest absolute Gasteiger partial charge is 0.248 e. The van der Waals surface area contributed by atoms with E-state index in [-0.39, 0.29) is 5.91 Å². The number of amides is 1. The number of hydrogen-bond donors (Lipinski definition) is 1. The van der Waals surface area contributed by atoms with E-state index in [1.165, 1.54) is 5.56 Å². The molecule has 0 aliphatic rings. The first-order valence-corrected chi connectivity index (χ1v) is 11.8. The molecule has 6 heteroatoms. The van der Waals surface area contributed by atoms with Crippen LogP contribution in [0.1, 0.15) is 30.5 Å². The topological polar surface area (TPSA) is 69.9 Å². The number of carbonyl (C=O) groups is 1. The molecule has 0 spiro atoms. The zero-order valence-electron chi connectivity index (χ0n) is 21.5. The van der Waals surface area contributed by atoms with Crippen molar-refractivity contribution in [1.29, 1.82) is 0 Å². The number of allylic oxidation sites excluding steroid dienone is 1. The monoisotopic (exact) mass is 485 g/mol. The quantitative estimate of drug-likeness (QED) is 0.268. The van der Waals surface area contributed by atoms with E-state index < -0.39 is 0 Å². The summed E-state index contributed by atoms with van der Waals surface area (Å²) in [5, 5.41) is 3.83. The van der Waals surface area contributed by atoms with Crippen LogP contribution in [0.4, 0.5) is 5.69 Å². The molecule has 0 saturated carbocycles. The Hall–Kier alpha value is -4.19. The predicted octanol–water partition coefficient (Wildman–Crippen LogP) is 7.17. The van der Waals surface area contributed by atoms with Crippen LogP contribution in [0.15, 0.2) is 65.3 Å². The van der Waals surface area contributed by atoms with Gasteiger partial charge in [0.15, 0.2) is 0 Å². The van der Waals surface area contributed by atoms with Gasteiger partial charge in [0.1, 0.15) is 22.8 Å². The Balaban J connectivity index is 1.76. The minimum Gasteiger partial charge on any atom is -0.497 e. The highest BCUT2D eigenvalue weighted by Crippen LogP contribution is 2.41. The molecular weight excluding hydrogens is 454 g/mol. The number of methoxy groups -OCH3 is 2. The van der Waals surface area contributed by atoms with Gasteiger partial charge in [0.25, 0.3) is 0 Å².